The van der Waals surface area contributed by atoms with Gasteiger partial charge in [-0.05, 0) is 55.4 Å². The number of amides is 1. The standard InChI is InChI=1S/C32H36N4O6S2/c37-30-20-35(44(40,41)25-13-14-29(33-16-25)34-17-23-11-12-24(18-34)42-23)19-27(21-7-3-1-4-8-21)36(30)26-15-28(43-31(26)32(38)39)22-9-5-2-6-10-22/h2,5-6,9-10,13-16,21,23-24,27H,1,3-4,7-8,11-12,17-20H2,(H,38,39)/t23?,24?,27-/m0/s1. The van der Waals surface area contributed by atoms with Crippen LogP contribution in [0.5, 0.6) is 0 Å². The Bertz CT molecular complexity index is 1630. The lowest BCUT2D eigenvalue weighted by molar-refractivity contribution is -0.121. The van der Waals surface area contributed by atoms with Gasteiger partial charge in [-0.3, -0.25) is 4.79 Å². The first-order valence-corrected chi connectivity index (χ1v) is 17.6. The van der Waals surface area contributed by atoms with E-state index in [1.165, 1.54) is 10.5 Å². The van der Waals surface area contributed by atoms with Crippen LogP contribution in [-0.4, -0.2) is 79.1 Å². The topological polar surface area (TPSA) is 120 Å². The quantitative estimate of drug-likeness (QED) is 0.391. The van der Waals surface area contributed by atoms with Gasteiger partial charge in [0.2, 0.25) is 15.9 Å². The number of carboxylic acid groups (broad SMARTS) is 1. The summed E-state index contributed by atoms with van der Waals surface area (Å²) in [6.07, 6.45) is 8.63. The third kappa shape index (κ3) is 5.53. The number of carbonyl (C=O) groups is 2. The predicted molar refractivity (Wildman–Crippen MR) is 168 cm³/mol. The molecule has 3 aromatic rings. The summed E-state index contributed by atoms with van der Waals surface area (Å²) in [6, 6.07) is 14.1. The minimum absolute atomic E-state index is 0.0502. The number of hydrogen-bond acceptors (Lipinski definition) is 8. The number of nitrogens with zero attached hydrogens (tertiary/aromatic N) is 4. The number of ether oxygens (including phenoxy) is 1. The van der Waals surface area contributed by atoms with E-state index in [-0.39, 0.29) is 41.0 Å². The van der Waals surface area contributed by atoms with Gasteiger partial charge in [0.05, 0.1) is 30.5 Å². The molecule has 4 aliphatic rings. The van der Waals surface area contributed by atoms with Gasteiger partial charge in [-0.15, -0.1) is 11.3 Å². The summed E-state index contributed by atoms with van der Waals surface area (Å²) in [4.78, 5) is 35.6. The second kappa shape index (κ2) is 11.9. The lowest BCUT2D eigenvalue weighted by Crippen LogP contribution is -2.60. The van der Waals surface area contributed by atoms with Crippen LogP contribution in [0.3, 0.4) is 0 Å². The first-order valence-electron chi connectivity index (χ1n) is 15.4. The number of carbonyl (C=O) groups excluding carboxylic acids is 1. The fourth-order valence-electron chi connectivity index (χ4n) is 7.26. The van der Waals surface area contributed by atoms with Crippen molar-refractivity contribution < 1.29 is 27.9 Å². The second-order valence-electron chi connectivity index (χ2n) is 12.2. The number of aromatic carboxylic acids is 1. The normalized spacial score (nSPS) is 25.0. The summed E-state index contributed by atoms with van der Waals surface area (Å²) in [5.74, 6) is -0.733. The molecule has 44 heavy (non-hydrogen) atoms. The molecule has 1 amide bonds. The Balaban J connectivity index is 1.18. The van der Waals surface area contributed by atoms with Crippen LogP contribution < -0.4 is 9.80 Å². The van der Waals surface area contributed by atoms with Crippen molar-refractivity contribution in [1.29, 1.82) is 0 Å². The Morgan fingerprint density at radius 1 is 0.955 bits per heavy atom. The van der Waals surface area contributed by atoms with Gasteiger partial charge in [-0.2, -0.15) is 4.31 Å². The van der Waals surface area contributed by atoms with Crippen LogP contribution in [0, 0.1) is 5.92 Å². The van der Waals surface area contributed by atoms with Crippen LogP contribution in [0.4, 0.5) is 11.5 Å². The minimum Gasteiger partial charge on any atom is -0.477 e. The maximum atomic E-state index is 14.0. The number of rotatable bonds is 7. The summed E-state index contributed by atoms with van der Waals surface area (Å²) < 4.78 is 35.1. The second-order valence-corrected chi connectivity index (χ2v) is 15.2. The van der Waals surface area contributed by atoms with Crippen molar-refractivity contribution in [3.63, 3.8) is 0 Å². The Morgan fingerprint density at radius 3 is 2.34 bits per heavy atom. The number of anilines is 2. The molecular weight excluding hydrogens is 601 g/mol. The molecule has 2 bridgehead atoms. The Hall–Kier alpha value is -3.32. The maximum Gasteiger partial charge on any atom is 0.348 e. The van der Waals surface area contributed by atoms with Crippen molar-refractivity contribution in [2.24, 2.45) is 5.92 Å². The van der Waals surface area contributed by atoms with Gasteiger partial charge in [-0.1, -0.05) is 49.6 Å². The number of benzene rings is 1. The third-order valence-electron chi connectivity index (χ3n) is 9.45. The monoisotopic (exact) mass is 636 g/mol. The smallest absolute Gasteiger partial charge is 0.348 e. The van der Waals surface area contributed by atoms with Gasteiger partial charge in [-0.25, -0.2) is 18.2 Å². The van der Waals surface area contributed by atoms with Gasteiger partial charge >= 0.3 is 5.97 Å². The number of fused-ring (bicyclic) bond motifs is 2. The first-order chi connectivity index (χ1) is 21.3. The van der Waals surface area contributed by atoms with Gasteiger partial charge < -0.3 is 19.6 Å². The van der Waals surface area contributed by atoms with Crippen molar-refractivity contribution in [2.45, 2.75) is 68.1 Å². The molecule has 2 aromatic heterocycles. The van der Waals surface area contributed by atoms with E-state index in [2.05, 4.69) is 9.88 Å². The van der Waals surface area contributed by atoms with Gasteiger partial charge in [0, 0.05) is 30.7 Å². The van der Waals surface area contributed by atoms with Crippen molar-refractivity contribution in [2.75, 3.05) is 36.0 Å². The number of hydrogen-bond donors (Lipinski definition) is 1. The van der Waals surface area contributed by atoms with E-state index in [4.69, 9.17) is 4.74 Å². The molecule has 3 atom stereocenters. The van der Waals surface area contributed by atoms with Crippen molar-refractivity contribution in [3.8, 4) is 10.4 Å². The summed E-state index contributed by atoms with van der Waals surface area (Å²) >= 11 is 1.14. The average Bonchev–Trinajstić information content (AvgIpc) is 3.64. The molecule has 7 rings (SSSR count). The van der Waals surface area contributed by atoms with Crippen LogP contribution in [0.25, 0.3) is 10.4 Å². The molecule has 3 aliphatic heterocycles. The summed E-state index contributed by atoms with van der Waals surface area (Å²) in [5.41, 5.74) is 1.22. The summed E-state index contributed by atoms with van der Waals surface area (Å²) in [5, 5.41) is 10.2. The molecule has 4 fully saturated rings. The molecule has 1 N–H and O–H groups in total. The number of morpholine rings is 1. The fraction of sp³-hybridized carbons (Fsp3) is 0.469. The number of pyridine rings is 1. The van der Waals surface area contributed by atoms with Gasteiger partial charge in [0.25, 0.3) is 0 Å². The van der Waals surface area contributed by atoms with Gasteiger partial charge in [0.15, 0.2) is 0 Å². The third-order valence-corrected chi connectivity index (χ3v) is 12.4. The molecule has 0 spiro atoms. The van der Waals surface area contributed by atoms with E-state index in [9.17, 15) is 23.1 Å². The van der Waals surface area contributed by atoms with E-state index >= 15 is 0 Å². The molecular formula is C32H36N4O6S2. The number of sulfonamides is 1. The van der Waals surface area contributed by atoms with Crippen LogP contribution >= 0.6 is 11.3 Å². The lowest BCUT2D eigenvalue weighted by Gasteiger charge is -2.44. The molecule has 1 saturated carbocycles. The molecule has 10 nitrogen and oxygen atoms in total. The van der Waals surface area contributed by atoms with E-state index in [0.717, 1.165) is 85.6 Å². The summed E-state index contributed by atoms with van der Waals surface area (Å²) in [7, 11) is -4.03. The number of aromatic nitrogens is 1. The fourth-order valence-corrected chi connectivity index (χ4v) is 9.61. The highest BCUT2D eigenvalue weighted by Gasteiger charge is 2.44. The van der Waals surface area contributed by atoms with Crippen LogP contribution in [0.15, 0.2) is 59.6 Å². The van der Waals surface area contributed by atoms with E-state index in [1.54, 1.807) is 23.1 Å². The molecule has 0 radical (unpaired) electrons. The lowest BCUT2D eigenvalue weighted by atomic mass is 9.82. The zero-order valence-corrected chi connectivity index (χ0v) is 26.0. The predicted octanol–water partition coefficient (Wildman–Crippen LogP) is 4.86. The molecule has 2 unspecified atom stereocenters. The number of thiophene rings is 1. The van der Waals surface area contributed by atoms with Crippen LogP contribution in [0.2, 0.25) is 0 Å². The largest absolute Gasteiger partial charge is 0.477 e. The van der Waals surface area contributed by atoms with Gasteiger partial charge in [0.1, 0.15) is 15.6 Å². The maximum absolute atomic E-state index is 14.0. The van der Waals surface area contributed by atoms with Crippen LogP contribution in [0.1, 0.15) is 54.6 Å². The molecule has 232 valence electrons. The average molecular weight is 637 g/mol. The SMILES string of the molecule is O=C(O)c1sc(-c2ccccc2)cc1N1C(=O)CN(S(=O)(=O)c2ccc(N3CC4CCC(C3)O4)nc2)C[C@H]1C1CCCCC1. The highest BCUT2D eigenvalue weighted by Crippen LogP contribution is 2.42. The molecule has 12 heteroatoms. The highest BCUT2D eigenvalue weighted by molar-refractivity contribution is 7.89. The molecule has 1 aliphatic carbocycles. The van der Waals surface area contributed by atoms with E-state index in [1.807, 2.05) is 30.3 Å². The van der Waals surface area contributed by atoms with E-state index < -0.39 is 27.9 Å². The Kier molecular flexibility index (Phi) is 7.94. The van der Waals surface area contributed by atoms with Crippen molar-refractivity contribution in [3.05, 3.63) is 59.6 Å². The molecule has 3 saturated heterocycles. The summed E-state index contributed by atoms with van der Waals surface area (Å²) in [6.45, 7) is 1.21. The van der Waals surface area contributed by atoms with E-state index in [0.29, 0.717) is 5.69 Å². The zero-order valence-electron chi connectivity index (χ0n) is 24.4. The van der Waals surface area contributed by atoms with Crippen molar-refractivity contribution >= 4 is 44.7 Å². The Morgan fingerprint density at radius 2 is 1.68 bits per heavy atom. The highest BCUT2D eigenvalue weighted by atomic mass is 32.2. The molecule has 5 heterocycles. The Labute approximate surface area is 261 Å². The number of piperazine rings is 1. The zero-order chi connectivity index (χ0) is 30.4. The van der Waals surface area contributed by atoms with Crippen LogP contribution in [-0.2, 0) is 19.6 Å². The molecule has 1 aromatic carbocycles. The number of carboxylic acids is 1. The first kappa shape index (κ1) is 29.4. The minimum atomic E-state index is -4.03. The van der Waals surface area contributed by atoms with Crippen molar-refractivity contribution in [1.82, 2.24) is 9.29 Å².